The molecule has 1 aromatic carbocycles. The van der Waals surface area contributed by atoms with Gasteiger partial charge in [-0.2, -0.15) is 0 Å². The van der Waals surface area contributed by atoms with Gasteiger partial charge in [0.1, 0.15) is 5.82 Å². The van der Waals surface area contributed by atoms with E-state index in [1.807, 2.05) is 18.4 Å². The summed E-state index contributed by atoms with van der Waals surface area (Å²) in [6.07, 6.45) is 4.58. The average molecular weight is 296 g/mol. The van der Waals surface area contributed by atoms with E-state index in [2.05, 4.69) is 34.3 Å². The Morgan fingerprint density at radius 1 is 1.32 bits per heavy atom. The van der Waals surface area contributed by atoms with Crippen LogP contribution in [0.2, 0.25) is 0 Å². The monoisotopic (exact) mass is 296 g/mol. The van der Waals surface area contributed by atoms with E-state index in [4.69, 9.17) is 10.8 Å². The summed E-state index contributed by atoms with van der Waals surface area (Å²) in [5, 5.41) is 13.3. The van der Waals surface area contributed by atoms with Gasteiger partial charge in [-0.15, -0.1) is 0 Å². The highest BCUT2D eigenvalue weighted by atomic mass is 16.3. The lowest BCUT2D eigenvalue weighted by atomic mass is 9.98. The van der Waals surface area contributed by atoms with E-state index >= 15 is 0 Å². The number of aliphatic imine (C=N–C) groups is 1. The first-order chi connectivity index (χ1) is 10.7. The van der Waals surface area contributed by atoms with E-state index in [9.17, 15) is 0 Å². The Kier molecular flexibility index (Phi) is 4.06. The minimum atomic E-state index is 0.169. The van der Waals surface area contributed by atoms with E-state index in [1.54, 1.807) is 0 Å². The second-order valence-electron chi connectivity index (χ2n) is 5.46. The third-order valence-electron chi connectivity index (χ3n) is 3.81. The number of rotatable bonds is 5. The number of nitrogen functional groups attached to an aromatic ring is 1. The van der Waals surface area contributed by atoms with E-state index in [0.717, 1.165) is 23.1 Å². The summed E-state index contributed by atoms with van der Waals surface area (Å²) in [6, 6.07) is 6.06. The van der Waals surface area contributed by atoms with Crippen molar-refractivity contribution in [2.45, 2.75) is 13.3 Å². The number of benzene rings is 1. The van der Waals surface area contributed by atoms with E-state index in [-0.39, 0.29) is 6.61 Å². The number of pyridine rings is 1. The van der Waals surface area contributed by atoms with Gasteiger partial charge in [-0.3, -0.25) is 4.99 Å². The molecule has 0 bridgehead atoms. The third kappa shape index (κ3) is 2.80. The first-order valence-electron chi connectivity index (χ1n) is 7.44. The maximum atomic E-state index is 8.92. The molecule has 0 unspecified atom stereocenters. The maximum Gasteiger partial charge on any atom is 0.126 e. The van der Waals surface area contributed by atoms with Crippen LogP contribution in [-0.2, 0) is 0 Å². The van der Waals surface area contributed by atoms with Gasteiger partial charge >= 0.3 is 0 Å². The molecule has 3 rings (SSSR count). The highest BCUT2D eigenvalue weighted by molar-refractivity contribution is 5.98. The van der Waals surface area contributed by atoms with Crippen molar-refractivity contribution in [2.24, 2.45) is 4.99 Å². The fraction of sp³-hybridized carbons (Fsp3) is 0.294. The first kappa shape index (κ1) is 14.5. The number of nitrogens with zero attached hydrogens (tertiary/aromatic N) is 2. The number of nitrogens with two attached hydrogens (primary N) is 1. The molecule has 0 spiro atoms. The molecule has 0 fully saturated rings. The van der Waals surface area contributed by atoms with Crippen LogP contribution in [-0.4, -0.2) is 36.0 Å². The molecule has 5 heteroatoms. The van der Waals surface area contributed by atoms with Gasteiger partial charge in [-0.1, -0.05) is 0 Å². The molecule has 0 amide bonds. The van der Waals surface area contributed by atoms with Gasteiger partial charge in [-0.05, 0) is 48.3 Å². The Labute approximate surface area is 129 Å². The van der Waals surface area contributed by atoms with E-state index in [0.29, 0.717) is 18.8 Å². The number of aryl methyl sites for hydroxylation is 1. The number of allylic oxidation sites excluding steroid dienone is 1. The summed E-state index contributed by atoms with van der Waals surface area (Å²) in [5.74, 6) is 0.491. The van der Waals surface area contributed by atoms with Crippen molar-refractivity contribution in [3.63, 3.8) is 0 Å². The van der Waals surface area contributed by atoms with Crippen LogP contribution in [0.1, 0.15) is 17.5 Å². The normalized spacial score (nSPS) is 13.6. The van der Waals surface area contributed by atoms with Gasteiger partial charge in [0.25, 0.3) is 0 Å². The van der Waals surface area contributed by atoms with Crippen LogP contribution in [0, 0.1) is 6.92 Å². The topological polar surface area (TPSA) is 83.5 Å². The number of anilines is 2. The molecule has 0 aliphatic carbocycles. The predicted molar refractivity (Wildman–Crippen MR) is 92.4 cm³/mol. The number of aliphatic hydroxyl groups excluding tert-OH is 1. The number of hydrogen-bond acceptors (Lipinski definition) is 5. The summed E-state index contributed by atoms with van der Waals surface area (Å²) >= 11 is 0. The standard InChI is InChI=1S/C17H20N4O/c1-11-7-14-15(20-4-2-6-22)9-17(18)21-16(14)8-13(11)12-3-5-19-10-12/h3,5,7-9,22H,2,4,6,10H2,1H3,(H3,18,20,21). The van der Waals surface area contributed by atoms with Crippen LogP contribution in [0.5, 0.6) is 0 Å². The number of aromatic nitrogens is 1. The van der Waals surface area contributed by atoms with Crippen LogP contribution < -0.4 is 11.1 Å². The molecule has 114 valence electrons. The highest BCUT2D eigenvalue weighted by Gasteiger charge is 2.12. The Morgan fingerprint density at radius 2 is 2.18 bits per heavy atom. The summed E-state index contributed by atoms with van der Waals surface area (Å²) in [5.41, 5.74) is 11.3. The molecule has 0 saturated heterocycles. The molecule has 1 aromatic heterocycles. The van der Waals surface area contributed by atoms with Crippen molar-refractivity contribution in [1.82, 2.24) is 4.98 Å². The molecule has 0 atom stereocenters. The van der Waals surface area contributed by atoms with Crippen LogP contribution in [0.25, 0.3) is 16.5 Å². The van der Waals surface area contributed by atoms with Crippen molar-refractivity contribution < 1.29 is 5.11 Å². The Hall–Kier alpha value is -2.40. The SMILES string of the molecule is Cc1cc2c(NCCCO)cc(N)nc2cc1C1=CC=NC1. The number of hydrogen-bond donors (Lipinski definition) is 3. The fourth-order valence-corrected chi connectivity index (χ4v) is 2.72. The van der Waals surface area contributed by atoms with Crippen molar-refractivity contribution in [2.75, 3.05) is 30.7 Å². The average Bonchev–Trinajstić information content (AvgIpc) is 3.01. The van der Waals surface area contributed by atoms with Crippen molar-refractivity contribution in [3.8, 4) is 0 Å². The van der Waals surface area contributed by atoms with Crippen LogP contribution in [0.15, 0.2) is 29.3 Å². The van der Waals surface area contributed by atoms with Gasteiger partial charge in [0, 0.05) is 36.5 Å². The van der Waals surface area contributed by atoms with Gasteiger partial charge in [0.2, 0.25) is 0 Å². The zero-order valence-corrected chi connectivity index (χ0v) is 12.6. The van der Waals surface area contributed by atoms with Crippen LogP contribution in [0.4, 0.5) is 11.5 Å². The molecular formula is C17H20N4O. The number of nitrogens with one attached hydrogen (secondary N) is 1. The lowest BCUT2D eigenvalue weighted by Crippen LogP contribution is -2.06. The minimum Gasteiger partial charge on any atom is -0.396 e. The quantitative estimate of drug-likeness (QED) is 0.740. The van der Waals surface area contributed by atoms with E-state index in [1.165, 1.54) is 16.7 Å². The third-order valence-corrected chi connectivity index (χ3v) is 3.81. The molecule has 5 nitrogen and oxygen atoms in total. The predicted octanol–water partition coefficient (Wildman–Crippen LogP) is 2.39. The number of fused-ring (bicyclic) bond motifs is 1. The van der Waals surface area contributed by atoms with Gasteiger partial charge in [-0.25, -0.2) is 4.98 Å². The van der Waals surface area contributed by atoms with E-state index < -0.39 is 0 Å². The molecule has 2 heterocycles. The second-order valence-corrected chi connectivity index (χ2v) is 5.46. The van der Waals surface area contributed by atoms with Crippen molar-refractivity contribution in [1.29, 1.82) is 0 Å². The molecule has 22 heavy (non-hydrogen) atoms. The lowest BCUT2D eigenvalue weighted by Gasteiger charge is -2.13. The summed E-state index contributed by atoms with van der Waals surface area (Å²) in [6.45, 7) is 3.69. The van der Waals surface area contributed by atoms with Crippen LogP contribution >= 0.6 is 0 Å². The lowest BCUT2D eigenvalue weighted by molar-refractivity contribution is 0.292. The number of aliphatic hydroxyl groups is 1. The van der Waals surface area contributed by atoms with Gasteiger partial charge < -0.3 is 16.2 Å². The molecular weight excluding hydrogens is 276 g/mol. The Morgan fingerprint density at radius 3 is 2.91 bits per heavy atom. The van der Waals surface area contributed by atoms with Gasteiger partial charge in [0.15, 0.2) is 0 Å². The first-order valence-corrected chi connectivity index (χ1v) is 7.44. The largest absolute Gasteiger partial charge is 0.396 e. The minimum absolute atomic E-state index is 0.169. The summed E-state index contributed by atoms with van der Waals surface area (Å²) in [4.78, 5) is 8.71. The smallest absolute Gasteiger partial charge is 0.126 e. The summed E-state index contributed by atoms with van der Waals surface area (Å²) < 4.78 is 0. The molecule has 4 N–H and O–H groups in total. The maximum absolute atomic E-state index is 8.92. The van der Waals surface area contributed by atoms with Gasteiger partial charge in [0.05, 0.1) is 12.1 Å². The molecule has 1 aliphatic heterocycles. The zero-order valence-electron chi connectivity index (χ0n) is 12.6. The highest BCUT2D eigenvalue weighted by Crippen LogP contribution is 2.30. The summed E-state index contributed by atoms with van der Waals surface area (Å²) in [7, 11) is 0. The Balaban J connectivity index is 2.05. The molecule has 2 aromatic rings. The molecule has 0 radical (unpaired) electrons. The van der Waals surface area contributed by atoms with Crippen molar-refractivity contribution in [3.05, 3.63) is 35.4 Å². The van der Waals surface area contributed by atoms with Crippen molar-refractivity contribution >= 4 is 34.2 Å². The molecule has 0 saturated carbocycles. The Bertz CT molecular complexity index is 765. The molecule has 1 aliphatic rings. The fourth-order valence-electron chi connectivity index (χ4n) is 2.72. The van der Waals surface area contributed by atoms with Crippen LogP contribution in [0.3, 0.4) is 0 Å². The zero-order chi connectivity index (χ0) is 15.5. The second kappa shape index (κ2) is 6.15.